The van der Waals surface area contributed by atoms with Crippen LogP contribution in [-0.2, 0) is 18.3 Å². The van der Waals surface area contributed by atoms with Crippen molar-refractivity contribution >= 4 is 40.4 Å². The summed E-state index contributed by atoms with van der Waals surface area (Å²) < 4.78 is 2.49. The highest BCUT2D eigenvalue weighted by atomic mass is 15.1. The van der Waals surface area contributed by atoms with E-state index in [9.17, 15) is 0 Å². The lowest BCUT2D eigenvalue weighted by molar-refractivity contribution is 0.714. The minimum atomic E-state index is -0.336. The second-order valence-electron chi connectivity index (χ2n) is 17.7. The first-order chi connectivity index (χ1) is 31.8. The molecule has 0 atom stereocenters. The Labute approximate surface area is 375 Å². The van der Waals surface area contributed by atoms with E-state index >= 15 is 0 Å². The molecule has 2 nitrogen and oxygen atoms in total. The highest BCUT2D eigenvalue weighted by Gasteiger charge is 2.52. The summed E-state index contributed by atoms with van der Waals surface area (Å²) in [5, 5.41) is 0. The molecule has 1 spiro atoms. The van der Waals surface area contributed by atoms with Crippen molar-refractivity contribution in [1.29, 1.82) is 0 Å². The van der Waals surface area contributed by atoms with E-state index in [0.29, 0.717) is 0 Å². The number of hydrogen-bond donors (Lipinski definition) is 0. The van der Waals surface area contributed by atoms with Crippen LogP contribution < -0.4 is 4.90 Å². The third kappa shape index (κ3) is 5.52. The van der Waals surface area contributed by atoms with E-state index in [1.54, 1.807) is 0 Å². The van der Waals surface area contributed by atoms with Crippen molar-refractivity contribution in [3.63, 3.8) is 0 Å². The summed E-state index contributed by atoms with van der Waals surface area (Å²) in [5.74, 6) is 0. The van der Waals surface area contributed by atoms with Gasteiger partial charge in [0.15, 0.2) is 0 Å². The van der Waals surface area contributed by atoms with Gasteiger partial charge in [0.1, 0.15) is 0 Å². The van der Waals surface area contributed by atoms with E-state index in [0.717, 1.165) is 49.2 Å². The quantitative estimate of drug-likeness (QED) is 0.162. The molecule has 5 aliphatic carbocycles. The summed E-state index contributed by atoms with van der Waals surface area (Å²) in [6.07, 6.45) is 21.7. The van der Waals surface area contributed by atoms with Gasteiger partial charge in [-0.05, 0) is 159 Å². The molecule has 0 radical (unpaired) electrons. The molecule has 0 N–H and O–H groups in total. The fourth-order valence-corrected chi connectivity index (χ4v) is 11.7. The van der Waals surface area contributed by atoms with Crippen LogP contribution in [0.25, 0.3) is 51.2 Å². The van der Waals surface area contributed by atoms with Gasteiger partial charge in [0.05, 0.1) is 5.41 Å². The molecule has 0 amide bonds. The topological polar surface area (TPSA) is 8.17 Å². The summed E-state index contributed by atoms with van der Waals surface area (Å²) >= 11 is 0. The molecule has 304 valence electrons. The van der Waals surface area contributed by atoms with Crippen LogP contribution in [0.3, 0.4) is 0 Å². The molecular formula is C62H46N2. The van der Waals surface area contributed by atoms with Crippen molar-refractivity contribution < 1.29 is 0 Å². The van der Waals surface area contributed by atoms with Crippen LogP contribution in [0.15, 0.2) is 212 Å². The number of fused-ring (bicyclic) bond motifs is 12. The lowest BCUT2D eigenvalue weighted by atomic mass is 9.68. The van der Waals surface area contributed by atoms with Crippen molar-refractivity contribution in [1.82, 2.24) is 4.57 Å². The number of anilines is 3. The molecule has 7 aromatic carbocycles. The van der Waals surface area contributed by atoms with Crippen LogP contribution in [0.2, 0.25) is 0 Å². The maximum absolute atomic E-state index is 2.52. The summed E-state index contributed by atoms with van der Waals surface area (Å²) in [6, 6.07) is 65.6. The van der Waals surface area contributed by atoms with Gasteiger partial charge in [0.25, 0.3) is 0 Å². The van der Waals surface area contributed by atoms with Gasteiger partial charge < -0.3 is 9.47 Å². The summed E-state index contributed by atoms with van der Waals surface area (Å²) in [7, 11) is 0. The fraction of sp³-hybridized carbons (Fsp3) is 0.0968. The van der Waals surface area contributed by atoms with Crippen LogP contribution in [0, 0.1) is 0 Å². The van der Waals surface area contributed by atoms with Crippen molar-refractivity contribution in [2.45, 2.75) is 37.5 Å². The Kier molecular flexibility index (Phi) is 8.49. The van der Waals surface area contributed by atoms with Crippen molar-refractivity contribution in [2.75, 3.05) is 4.90 Å². The van der Waals surface area contributed by atoms with Gasteiger partial charge in [-0.1, -0.05) is 158 Å². The first-order valence-electron chi connectivity index (χ1n) is 22.9. The molecule has 0 aliphatic heterocycles. The molecule has 8 aromatic rings. The maximum atomic E-state index is 2.52. The number of hydrogen-bond acceptors (Lipinski definition) is 1. The number of nitrogens with zero attached hydrogens (tertiary/aromatic N) is 2. The largest absolute Gasteiger partial charge is 0.313 e. The normalized spacial score (nSPS) is 15.8. The Morgan fingerprint density at radius 3 is 1.81 bits per heavy atom. The van der Waals surface area contributed by atoms with E-state index in [-0.39, 0.29) is 5.41 Å². The second kappa shape index (κ2) is 14.7. The van der Waals surface area contributed by atoms with Crippen LogP contribution in [-0.4, -0.2) is 4.57 Å². The van der Waals surface area contributed by atoms with Crippen LogP contribution in [0.1, 0.15) is 69.6 Å². The smallest absolute Gasteiger partial charge is 0.0689 e. The molecule has 2 heteroatoms. The summed E-state index contributed by atoms with van der Waals surface area (Å²) in [4.78, 5) is 2.46. The highest BCUT2D eigenvalue weighted by molar-refractivity contribution is 5.98. The first kappa shape index (κ1) is 36.9. The first-order valence-corrected chi connectivity index (χ1v) is 22.9. The van der Waals surface area contributed by atoms with Gasteiger partial charge in [-0.3, -0.25) is 0 Å². The summed E-state index contributed by atoms with van der Waals surface area (Å²) in [6.45, 7) is 0. The molecule has 0 saturated heterocycles. The lowest BCUT2D eigenvalue weighted by Gasteiger charge is -2.34. The van der Waals surface area contributed by atoms with Crippen LogP contribution in [0.5, 0.6) is 0 Å². The van der Waals surface area contributed by atoms with E-state index < -0.39 is 0 Å². The third-order valence-electron chi connectivity index (χ3n) is 14.4. The second-order valence-corrected chi connectivity index (χ2v) is 17.7. The van der Waals surface area contributed by atoms with Gasteiger partial charge in [0.2, 0.25) is 0 Å². The average Bonchev–Trinajstić information content (AvgIpc) is 3.88. The zero-order valence-electron chi connectivity index (χ0n) is 35.7. The van der Waals surface area contributed by atoms with Crippen molar-refractivity contribution in [3.05, 3.63) is 262 Å². The number of para-hydroxylation sites is 1. The zero-order chi connectivity index (χ0) is 42.2. The number of rotatable bonds is 6. The van der Waals surface area contributed by atoms with Gasteiger partial charge in [-0.15, -0.1) is 0 Å². The van der Waals surface area contributed by atoms with E-state index in [1.807, 2.05) is 0 Å². The monoisotopic (exact) mass is 818 g/mol. The Morgan fingerprint density at radius 2 is 1.08 bits per heavy atom. The molecule has 0 saturated carbocycles. The van der Waals surface area contributed by atoms with E-state index in [4.69, 9.17) is 0 Å². The van der Waals surface area contributed by atoms with Crippen LogP contribution >= 0.6 is 0 Å². The maximum Gasteiger partial charge on any atom is 0.0689 e. The molecule has 0 unspecified atom stereocenters. The van der Waals surface area contributed by atoms with E-state index in [2.05, 4.69) is 228 Å². The SMILES string of the molecule is C1=CC2=C(CC1)C1(c3cc(N(c4ccc(C5=Cc6c7c(n(-c8ccccc8)c6CC=C5)C=CCC7)cc4)c4ccc(-c5ccccc5)cc4)ccc32)c2ccccc2-c2ccccc21. The third-order valence-corrected chi connectivity index (χ3v) is 14.4. The predicted octanol–water partition coefficient (Wildman–Crippen LogP) is 15.7. The standard InChI is InChI=1S/C62H46N2/c1-3-16-42(17-4-1)43-30-34-47(35-31-43)63(48-36-32-44(33-37-48)45-18-15-29-61-55(40-45)54-24-10-14-28-60(54)64(61)46-19-5-2-6-20-46)49-38-39-53-52-23-9-13-27-58(52)62(59(53)41-49)56-25-11-7-21-50(56)51-22-8-12-26-57(51)62/h1-9,11-12,14-23,25-26,28,30-41H,10,13,24,27,29H2. The number of benzene rings is 7. The Morgan fingerprint density at radius 1 is 0.469 bits per heavy atom. The molecule has 1 heterocycles. The van der Waals surface area contributed by atoms with E-state index in [1.165, 1.54) is 95.0 Å². The summed E-state index contributed by atoms with van der Waals surface area (Å²) in [5.41, 5.74) is 25.9. The minimum absolute atomic E-state index is 0.336. The molecule has 0 fully saturated rings. The van der Waals surface area contributed by atoms with Crippen molar-refractivity contribution in [3.8, 4) is 27.9 Å². The molecule has 13 rings (SSSR count). The van der Waals surface area contributed by atoms with Gasteiger partial charge in [-0.25, -0.2) is 0 Å². The number of aromatic nitrogens is 1. The Bertz CT molecular complexity index is 3270. The Balaban J connectivity index is 0.954. The van der Waals surface area contributed by atoms with Crippen LogP contribution in [0.4, 0.5) is 17.1 Å². The highest BCUT2D eigenvalue weighted by Crippen LogP contribution is 2.64. The molecular weight excluding hydrogens is 773 g/mol. The molecule has 5 aliphatic rings. The average molecular weight is 819 g/mol. The van der Waals surface area contributed by atoms with Crippen molar-refractivity contribution in [2.24, 2.45) is 0 Å². The predicted molar refractivity (Wildman–Crippen MR) is 267 cm³/mol. The van der Waals surface area contributed by atoms with Gasteiger partial charge in [0, 0.05) is 46.1 Å². The number of allylic oxidation sites excluding steroid dienone is 8. The van der Waals surface area contributed by atoms with Gasteiger partial charge in [-0.2, -0.15) is 0 Å². The molecule has 1 aromatic heterocycles. The lowest BCUT2D eigenvalue weighted by Crippen LogP contribution is -2.28. The molecule has 64 heavy (non-hydrogen) atoms. The Hall–Kier alpha value is -7.68. The molecule has 0 bridgehead atoms. The fourth-order valence-electron chi connectivity index (χ4n) is 11.7. The minimum Gasteiger partial charge on any atom is -0.313 e. The van der Waals surface area contributed by atoms with Gasteiger partial charge >= 0.3 is 0 Å². The zero-order valence-corrected chi connectivity index (χ0v) is 35.7.